The first-order valence-electron chi connectivity index (χ1n) is 15.2. The number of carbonyl (C=O) groups excluding carboxylic acids is 2. The van der Waals surface area contributed by atoms with Crippen LogP contribution in [0.3, 0.4) is 0 Å². The molecule has 47 heavy (non-hydrogen) atoms. The molecule has 4 aromatic rings. The average Bonchev–Trinajstić information content (AvgIpc) is 3.06. The minimum absolute atomic E-state index is 0.0295. The fourth-order valence-electron chi connectivity index (χ4n) is 4.96. The van der Waals surface area contributed by atoms with E-state index in [1.165, 1.54) is 24.1 Å². The van der Waals surface area contributed by atoms with E-state index in [-0.39, 0.29) is 29.8 Å². The van der Waals surface area contributed by atoms with Gasteiger partial charge in [0, 0.05) is 24.0 Å². The summed E-state index contributed by atoms with van der Waals surface area (Å²) in [5.41, 5.74) is 2.84. The first kappa shape index (κ1) is 36.0. The van der Waals surface area contributed by atoms with Gasteiger partial charge in [-0.2, -0.15) is 0 Å². The molecule has 0 spiro atoms. The SMILES string of the molecule is CC[C@H](C)NC(=O)[C@@H](Cc1ccccc1)N(Cc1ccc(Cl)cc1)C(=O)CN(c1ccc(C)cc1)S(=O)(=O)c1ccc(OC)c(Br)c1. The highest BCUT2D eigenvalue weighted by Crippen LogP contribution is 2.31. The van der Waals surface area contributed by atoms with E-state index in [1.54, 1.807) is 54.6 Å². The molecule has 0 saturated carbocycles. The molecule has 8 nitrogen and oxygen atoms in total. The number of halogens is 2. The molecule has 11 heteroatoms. The second-order valence-corrected chi connectivity index (χ2v) is 14.5. The van der Waals surface area contributed by atoms with Gasteiger partial charge in [0.1, 0.15) is 18.3 Å². The lowest BCUT2D eigenvalue weighted by Crippen LogP contribution is -2.54. The maximum Gasteiger partial charge on any atom is 0.264 e. The number of methoxy groups -OCH3 is 1. The van der Waals surface area contributed by atoms with Crippen LogP contribution in [-0.4, -0.2) is 50.9 Å². The summed E-state index contributed by atoms with van der Waals surface area (Å²) in [6.45, 7) is 5.27. The van der Waals surface area contributed by atoms with Gasteiger partial charge in [-0.3, -0.25) is 13.9 Å². The maximum atomic E-state index is 14.6. The molecular weight excluding hydrogens is 702 g/mol. The fraction of sp³-hybridized carbons (Fsp3) is 0.278. The number of carbonyl (C=O) groups is 2. The number of hydrogen-bond donors (Lipinski definition) is 1. The second-order valence-electron chi connectivity index (χ2n) is 11.3. The predicted molar refractivity (Wildman–Crippen MR) is 190 cm³/mol. The van der Waals surface area contributed by atoms with E-state index in [9.17, 15) is 18.0 Å². The van der Waals surface area contributed by atoms with Crippen LogP contribution in [0.15, 0.2) is 106 Å². The summed E-state index contributed by atoms with van der Waals surface area (Å²) in [5.74, 6) is -0.404. The van der Waals surface area contributed by atoms with E-state index in [4.69, 9.17) is 16.3 Å². The third kappa shape index (κ3) is 9.37. The van der Waals surface area contributed by atoms with E-state index in [1.807, 2.05) is 51.1 Å². The van der Waals surface area contributed by atoms with E-state index in [0.29, 0.717) is 27.4 Å². The zero-order valence-electron chi connectivity index (χ0n) is 26.8. The quantitative estimate of drug-likeness (QED) is 0.148. The normalized spacial score (nSPS) is 12.6. The van der Waals surface area contributed by atoms with Crippen LogP contribution in [0.4, 0.5) is 5.69 Å². The van der Waals surface area contributed by atoms with Crippen molar-refractivity contribution in [2.24, 2.45) is 0 Å². The minimum atomic E-state index is -4.27. The van der Waals surface area contributed by atoms with Crippen LogP contribution in [0.25, 0.3) is 0 Å². The molecular formula is C36H39BrClN3O5S. The van der Waals surface area contributed by atoms with E-state index >= 15 is 0 Å². The Morgan fingerprint density at radius 1 is 0.936 bits per heavy atom. The van der Waals surface area contributed by atoms with Crippen molar-refractivity contribution < 1.29 is 22.7 Å². The summed E-state index contributed by atoms with van der Waals surface area (Å²) >= 11 is 9.55. The lowest BCUT2D eigenvalue weighted by atomic mass is 10.0. The summed E-state index contributed by atoms with van der Waals surface area (Å²) in [4.78, 5) is 30.0. The van der Waals surface area contributed by atoms with Gasteiger partial charge in [0.25, 0.3) is 10.0 Å². The zero-order valence-corrected chi connectivity index (χ0v) is 30.0. The van der Waals surface area contributed by atoms with Gasteiger partial charge in [-0.05, 0) is 89.8 Å². The van der Waals surface area contributed by atoms with Gasteiger partial charge in [-0.25, -0.2) is 8.42 Å². The van der Waals surface area contributed by atoms with E-state index in [2.05, 4.69) is 21.2 Å². The summed E-state index contributed by atoms with van der Waals surface area (Å²) in [6.07, 6.45) is 0.928. The van der Waals surface area contributed by atoms with Crippen molar-refractivity contribution in [3.8, 4) is 5.75 Å². The molecule has 2 atom stereocenters. The molecule has 0 unspecified atom stereocenters. The lowest BCUT2D eigenvalue weighted by Gasteiger charge is -2.34. The van der Waals surface area contributed by atoms with Gasteiger partial charge < -0.3 is 15.0 Å². The van der Waals surface area contributed by atoms with Gasteiger partial charge in [-0.15, -0.1) is 0 Å². The fourth-order valence-corrected chi connectivity index (χ4v) is 7.22. The van der Waals surface area contributed by atoms with Crippen LogP contribution < -0.4 is 14.4 Å². The Bertz CT molecular complexity index is 1770. The highest BCUT2D eigenvalue weighted by molar-refractivity contribution is 9.10. The van der Waals surface area contributed by atoms with Gasteiger partial charge >= 0.3 is 0 Å². The Labute approximate surface area is 290 Å². The molecule has 1 N–H and O–H groups in total. The topological polar surface area (TPSA) is 96.0 Å². The zero-order chi connectivity index (χ0) is 34.1. The van der Waals surface area contributed by atoms with Crippen LogP contribution in [0.2, 0.25) is 5.02 Å². The Morgan fingerprint density at radius 2 is 1.60 bits per heavy atom. The van der Waals surface area contributed by atoms with Crippen molar-refractivity contribution in [3.63, 3.8) is 0 Å². The highest BCUT2D eigenvalue weighted by Gasteiger charge is 2.35. The number of aryl methyl sites for hydroxylation is 1. The standard InChI is InChI=1S/C36H39BrClN3O5S/c1-5-26(3)39-36(43)33(21-27-9-7-6-8-10-27)40(23-28-13-15-29(38)16-14-28)35(42)24-41(30-17-11-25(2)12-18-30)47(44,45)31-19-20-34(46-4)32(37)22-31/h6-20,22,26,33H,5,21,23-24H2,1-4H3,(H,39,43)/t26-,33+/m0/s1. The molecule has 4 aromatic carbocycles. The van der Waals surface area contributed by atoms with Crippen LogP contribution >= 0.6 is 27.5 Å². The summed E-state index contributed by atoms with van der Waals surface area (Å²) in [7, 11) is -2.78. The number of ether oxygens (including phenoxy) is 1. The number of rotatable bonds is 14. The lowest BCUT2D eigenvalue weighted by molar-refractivity contribution is -0.140. The van der Waals surface area contributed by atoms with Crippen molar-refractivity contribution in [2.75, 3.05) is 18.0 Å². The monoisotopic (exact) mass is 739 g/mol. The Kier molecular flexibility index (Phi) is 12.5. The number of anilines is 1. The summed E-state index contributed by atoms with van der Waals surface area (Å²) < 4.78 is 35.4. The van der Waals surface area contributed by atoms with Crippen molar-refractivity contribution in [1.82, 2.24) is 10.2 Å². The third-order valence-corrected chi connectivity index (χ3v) is 10.5. The molecule has 0 aliphatic heterocycles. The number of hydrogen-bond acceptors (Lipinski definition) is 5. The molecule has 0 heterocycles. The molecule has 0 radical (unpaired) electrons. The van der Waals surface area contributed by atoms with Crippen LogP contribution in [0, 0.1) is 6.92 Å². The summed E-state index contributed by atoms with van der Waals surface area (Å²) in [6, 6.07) is 26.7. The predicted octanol–water partition coefficient (Wildman–Crippen LogP) is 7.17. The van der Waals surface area contributed by atoms with Crippen molar-refractivity contribution >= 4 is 55.1 Å². The molecule has 248 valence electrons. The molecule has 4 rings (SSSR count). The number of benzene rings is 4. The number of nitrogens with zero attached hydrogens (tertiary/aromatic N) is 2. The first-order chi connectivity index (χ1) is 22.4. The smallest absolute Gasteiger partial charge is 0.264 e. The van der Waals surface area contributed by atoms with Crippen LogP contribution in [0.5, 0.6) is 5.75 Å². The summed E-state index contributed by atoms with van der Waals surface area (Å²) in [5, 5.41) is 3.57. The molecule has 0 saturated heterocycles. The first-order valence-corrected chi connectivity index (χ1v) is 17.8. The van der Waals surface area contributed by atoms with E-state index in [0.717, 1.165) is 21.0 Å². The third-order valence-electron chi connectivity index (χ3n) is 7.85. The van der Waals surface area contributed by atoms with Gasteiger partial charge in [0.2, 0.25) is 11.8 Å². The van der Waals surface area contributed by atoms with Gasteiger partial charge in [0.15, 0.2) is 0 Å². The largest absolute Gasteiger partial charge is 0.496 e. The Morgan fingerprint density at radius 3 is 2.19 bits per heavy atom. The van der Waals surface area contributed by atoms with Crippen LogP contribution in [0.1, 0.15) is 37.0 Å². The molecule has 0 fully saturated rings. The number of nitrogens with one attached hydrogen (secondary N) is 1. The Balaban J connectivity index is 1.81. The second kappa shape index (κ2) is 16.3. The van der Waals surface area contributed by atoms with Crippen molar-refractivity contribution in [3.05, 3.63) is 123 Å². The number of sulfonamides is 1. The van der Waals surface area contributed by atoms with Crippen molar-refractivity contribution in [1.29, 1.82) is 0 Å². The average molecular weight is 741 g/mol. The molecule has 0 aliphatic rings. The van der Waals surface area contributed by atoms with Crippen LogP contribution in [-0.2, 0) is 32.6 Å². The molecule has 0 aliphatic carbocycles. The highest BCUT2D eigenvalue weighted by atomic mass is 79.9. The van der Waals surface area contributed by atoms with Gasteiger partial charge in [-0.1, -0.05) is 78.7 Å². The number of amides is 2. The van der Waals surface area contributed by atoms with E-state index < -0.39 is 28.5 Å². The molecule has 2 amide bonds. The minimum Gasteiger partial charge on any atom is -0.496 e. The molecule has 0 bridgehead atoms. The maximum absolute atomic E-state index is 14.6. The Hall–Kier alpha value is -3.86. The van der Waals surface area contributed by atoms with Gasteiger partial charge in [0.05, 0.1) is 22.2 Å². The van der Waals surface area contributed by atoms with Crippen molar-refractivity contribution in [2.45, 2.75) is 57.1 Å². The molecule has 0 aromatic heterocycles.